The number of carbonyl (C=O) groups excluding carboxylic acids is 2. The van der Waals surface area contributed by atoms with Crippen molar-refractivity contribution in [3.05, 3.63) is 0 Å². The molecular weight excluding hydrogens is 264 g/mol. The van der Waals surface area contributed by atoms with Gasteiger partial charge in [-0.1, -0.05) is 0 Å². The molecule has 2 rings (SSSR count). The number of carboxylic acids is 1. The molecule has 0 spiro atoms. The van der Waals surface area contributed by atoms with Crippen LogP contribution in [0.5, 0.6) is 0 Å². The minimum Gasteiger partial charge on any atom is -0.480 e. The summed E-state index contributed by atoms with van der Waals surface area (Å²) in [4.78, 5) is 36.3. The molecule has 0 bridgehead atoms. The molecule has 7 nitrogen and oxygen atoms in total. The highest BCUT2D eigenvalue weighted by atomic mass is 16.5. The fourth-order valence-electron chi connectivity index (χ4n) is 2.72. The predicted octanol–water partition coefficient (Wildman–Crippen LogP) is -0.539. The van der Waals surface area contributed by atoms with E-state index in [2.05, 4.69) is 5.32 Å². The van der Waals surface area contributed by atoms with E-state index in [1.165, 1.54) is 4.90 Å². The number of likely N-dealkylation sites (tertiary alicyclic amines) is 1. The quantitative estimate of drug-likeness (QED) is 0.723. The minimum absolute atomic E-state index is 0.0852. The van der Waals surface area contributed by atoms with E-state index in [9.17, 15) is 19.5 Å². The van der Waals surface area contributed by atoms with Gasteiger partial charge in [-0.15, -0.1) is 0 Å². The minimum atomic E-state index is -1.05. The van der Waals surface area contributed by atoms with Crippen LogP contribution in [0.25, 0.3) is 0 Å². The average molecular weight is 284 g/mol. The highest BCUT2D eigenvalue weighted by Crippen LogP contribution is 2.20. The van der Waals surface area contributed by atoms with Crippen molar-refractivity contribution in [2.45, 2.75) is 25.3 Å². The zero-order valence-corrected chi connectivity index (χ0v) is 11.5. The number of nitrogens with zero attached hydrogens (tertiary/aromatic N) is 1. The molecule has 0 radical (unpaired) electrons. The molecule has 0 aliphatic carbocycles. The lowest BCUT2D eigenvalue weighted by Crippen LogP contribution is -2.50. The molecule has 3 atom stereocenters. The Labute approximate surface area is 117 Å². The smallest absolute Gasteiger partial charge is 0.326 e. The van der Waals surface area contributed by atoms with E-state index in [4.69, 9.17) is 4.74 Å². The lowest BCUT2D eigenvalue weighted by Gasteiger charge is -2.28. The summed E-state index contributed by atoms with van der Waals surface area (Å²) >= 11 is 0. The first-order chi connectivity index (χ1) is 9.49. The molecule has 2 fully saturated rings. The van der Waals surface area contributed by atoms with E-state index in [-0.39, 0.29) is 24.2 Å². The topological polar surface area (TPSA) is 95.9 Å². The van der Waals surface area contributed by atoms with Crippen molar-refractivity contribution in [3.8, 4) is 0 Å². The van der Waals surface area contributed by atoms with Crippen LogP contribution in [0.2, 0.25) is 0 Å². The standard InChI is InChI=1S/C13H20N2O5/c1-15-6-9(5-10(15)16)12(17)14-11(13(18)19)8-3-2-4-20-7-8/h8-9,11H,2-7H2,1H3,(H,14,17)(H,18,19). The van der Waals surface area contributed by atoms with Gasteiger partial charge in [0.25, 0.3) is 0 Å². The van der Waals surface area contributed by atoms with Gasteiger partial charge in [-0.25, -0.2) is 4.79 Å². The van der Waals surface area contributed by atoms with Crippen molar-refractivity contribution in [1.82, 2.24) is 10.2 Å². The summed E-state index contributed by atoms with van der Waals surface area (Å²) in [6, 6.07) is -0.941. The molecule has 20 heavy (non-hydrogen) atoms. The van der Waals surface area contributed by atoms with Crippen LogP contribution in [0.1, 0.15) is 19.3 Å². The molecule has 2 aliphatic rings. The van der Waals surface area contributed by atoms with Crippen LogP contribution in [-0.2, 0) is 19.1 Å². The van der Waals surface area contributed by atoms with Crippen molar-refractivity contribution in [2.24, 2.45) is 11.8 Å². The van der Waals surface area contributed by atoms with Crippen molar-refractivity contribution < 1.29 is 24.2 Å². The second-order valence-electron chi connectivity index (χ2n) is 5.48. The fraction of sp³-hybridized carbons (Fsp3) is 0.769. The first-order valence-corrected chi connectivity index (χ1v) is 6.84. The predicted molar refractivity (Wildman–Crippen MR) is 68.9 cm³/mol. The van der Waals surface area contributed by atoms with E-state index in [0.717, 1.165) is 12.8 Å². The molecule has 0 aromatic carbocycles. The molecule has 0 aromatic rings. The van der Waals surface area contributed by atoms with Crippen LogP contribution in [0.4, 0.5) is 0 Å². The number of nitrogens with one attached hydrogen (secondary N) is 1. The third-order valence-electron chi connectivity index (χ3n) is 3.94. The van der Waals surface area contributed by atoms with Crippen LogP contribution < -0.4 is 5.32 Å². The van der Waals surface area contributed by atoms with Gasteiger partial charge in [0.15, 0.2) is 0 Å². The van der Waals surface area contributed by atoms with Crippen LogP contribution in [-0.4, -0.2) is 60.6 Å². The van der Waals surface area contributed by atoms with Gasteiger partial charge in [0, 0.05) is 32.5 Å². The molecular formula is C13H20N2O5. The number of carbonyl (C=O) groups is 3. The Morgan fingerprint density at radius 3 is 2.75 bits per heavy atom. The summed E-state index contributed by atoms with van der Waals surface area (Å²) in [6.07, 6.45) is 1.67. The summed E-state index contributed by atoms with van der Waals surface area (Å²) in [5.74, 6) is -2.16. The monoisotopic (exact) mass is 284 g/mol. The summed E-state index contributed by atoms with van der Waals surface area (Å²) < 4.78 is 5.28. The van der Waals surface area contributed by atoms with Gasteiger partial charge in [-0.2, -0.15) is 0 Å². The largest absolute Gasteiger partial charge is 0.480 e. The van der Waals surface area contributed by atoms with Crippen molar-refractivity contribution >= 4 is 17.8 Å². The molecule has 2 heterocycles. The lowest BCUT2D eigenvalue weighted by molar-refractivity contribution is -0.145. The maximum Gasteiger partial charge on any atom is 0.326 e. The third kappa shape index (κ3) is 3.27. The van der Waals surface area contributed by atoms with Crippen molar-refractivity contribution in [2.75, 3.05) is 26.8 Å². The van der Waals surface area contributed by atoms with E-state index >= 15 is 0 Å². The summed E-state index contributed by atoms with van der Waals surface area (Å²) in [5, 5.41) is 11.8. The number of rotatable bonds is 4. The van der Waals surface area contributed by atoms with Gasteiger partial charge in [0.05, 0.1) is 12.5 Å². The molecule has 112 valence electrons. The van der Waals surface area contributed by atoms with Gasteiger partial charge >= 0.3 is 5.97 Å². The Kier molecular flexibility index (Phi) is 4.59. The molecule has 3 unspecified atom stereocenters. The molecule has 0 saturated carbocycles. The number of ether oxygens (including phenoxy) is 1. The summed E-state index contributed by atoms with van der Waals surface area (Å²) in [7, 11) is 1.64. The third-order valence-corrected chi connectivity index (χ3v) is 3.94. The highest BCUT2D eigenvalue weighted by Gasteiger charge is 2.36. The Morgan fingerprint density at radius 1 is 1.50 bits per heavy atom. The zero-order valence-electron chi connectivity index (χ0n) is 11.5. The Morgan fingerprint density at radius 2 is 2.25 bits per heavy atom. The molecule has 7 heteroatoms. The van der Waals surface area contributed by atoms with Gasteiger partial charge in [-0.3, -0.25) is 9.59 Å². The van der Waals surface area contributed by atoms with Gasteiger partial charge in [-0.05, 0) is 12.8 Å². The number of hydrogen-bond acceptors (Lipinski definition) is 4. The Bertz CT molecular complexity index is 406. The van der Waals surface area contributed by atoms with Gasteiger partial charge in [0.1, 0.15) is 6.04 Å². The molecule has 2 aliphatic heterocycles. The van der Waals surface area contributed by atoms with E-state index in [1.807, 2.05) is 0 Å². The average Bonchev–Trinajstić information content (AvgIpc) is 2.76. The van der Waals surface area contributed by atoms with Crippen LogP contribution in [0, 0.1) is 11.8 Å². The highest BCUT2D eigenvalue weighted by molar-refractivity contribution is 5.91. The fourth-order valence-corrected chi connectivity index (χ4v) is 2.72. The first-order valence-electron chi connectivity index (χ1n) is 6.84. The molecule has 2 N–H and O–H groups in total. The number of amides is 2. The van der Waals surface area contributed by atoms with Gasteiger partial charge < -0.3 is 20.1 Å². The van der Waals surface area contributed by atoms with Crippen molar-refractivity contribution in [1.29, 1.82) is 0 Å². The lowest BCUT2D eigenvalue weighted by atomic mass is 9.93. The number of aliphatic carboxylic acids is 1. The first kappa shape index (κ1) is 14.8. The van der Waals surface area contributed by atoms with E-state index in [1.54, 1.807) is 7.05 Å². The second-order valence-corrected chi connectivity index (χ2v) is 5.48. The molecule has 2 saturated heterocycles. The maximum absolute atomic E-state index is 12.1. The van der Waals surface area contributed by atoms with Crippen molar-refractivity contribution in [3.63, 3.8) is 0 Å². The van der Waals surface area contributed by atoms with E-state index < -0.39 is 17.9 Å². The van der Waals surface area contributed by atoms with Crippen LogP contribution in [0.3, 0.4) is 0 Å². The Balaban J connectivity index is 1.95. The summed E-state index contributed by atoms with van der Waals surface area (Å²) in [5.41, 5.74) is 0. The molecule has 2 amide bonds. The van der Waals surface area contributed by atoms with Crippen LogP contribution >= 0.6 is 0 Å². The summed E-state index contributed by atoms with van der Waals surface area (Å²) in [6.45, 7) is 1.33. The van der Waals surface area contributed by atoms with E-state index in [0.29, 0.717) is 19.8 Å². The van der Waals surface area contributed by atoms with Gasteiger partial charge in [0.2, 0.25) is 11.8 Å². The van der Waals surface area contributed by atoms with Crippen LogP contribution in [0.15, 0.2) is 0 Å². The Hall–Kier alpha value is -1.63. The number of carboxylic acid groups (broad SMARTS) is 1. The molecule has 0 aromatic heterocycles. The number of hydrogen-bond donors (Lipinski definition) is 2. The second kappa shape index (κ2) is 6.21. The normalized spacial score (nSPS) is 28.2. The zero-order chi connectivity index (χ0) is 14.7. The maximum atomic E-state index is 12.1. The SMILES string of the molecule is CN1CC(C(=O)NC(C(=O)O)C2CCCOC2)CC1=O.